The van der Waals surface area contributed by atoms with Crippen molar-refractivity contribution >= 4 is 27.5 Å². The van der Waals surface area contributed by atoms with E-state index in [2.05, 4.69) is 20.9 Å². The molecule has 0 atom stereocenters. The van der Waals surface area contributed by atoms with Crippen molar-refractivity contribution in [2.45, 2.75) is 6.61 Å². The molecule has 0 saturated carbocycles. The summed E-state index contributed by atoms with van der Waals surface area (Å²) in [7, 11) is 0. The van der Waals surface area contributed by atoms with Gasteiger partial charge in [-0.1, -0.05) is 17.7 Å². The number of aromatic nitrogens is 1. The van der Waals surface area contributed by atoms with E-state index in [0.29, 0.717) is 17.0 Å². The third-order valence-corrected chi connectivity index (χ3v) is 2.99. The summed E-state index contributed by atoms with van der Waals surface area (Å²) >= 11 is 8.95. The van der Waals surface area contributed by atoms with Crippen LogP contribution in [0.3, 0.4) is 0 Å². The maximum Gasteiger partial charge on any atom is 0.152 e. The molecule has 2 aromatic rings. The topological polar surface area (TPSA) is 22.1 Å². The van der Waals surface area contributed by atoms with Crippen LogP contribution in [-0.2, 0) is 6.61 Å². The van der Waals surface area contributed by atoms with Crippen LogP contribution in [-0.4, -0.2) is 4.98 Å². The molecule has 0 aliphatic rings. The zero-order valence-electron chi connectivity index (χ0n) is 8.66. The average Bonchev–Trinajstić information content (AvgIpc) is 2.32. The Balaban J connectivity index is 2.08. The van der Waals surface area contributed by atoms with E-state index in [1.54, 1.807) is 30.5 Å². The molecule has 1 aromatic carbocycles. The van der Waals surface area contributed by atoms with Crippen LogP contribution >= 0.6 is 27.5 Å². The van der Waals surface area contributed by atoms with Gasteiger partial charge in [0.25, 0.3) is 0 Å². The van der Waals surface area contributed by atoms with Crippen LogP contribution in [0.4, 0.5) is 4.39 Å². The van der Waals surface area contributed by atoms with Crippen molar-refractivity contribution in [3.63, 3.8) is 0 Å². The zero-order valence-corrected chi connectivity index (χ0v) is 11.0. The Morgan fingerprint density at radius 2 is 2.18 bits per heavy atom. The van der Waals surface area contributed by atoms with E-state index < -0.39 is 5.82 Å². The van der Waals surface area contributed by atoms with E-state index in [9.17, 15) is 4.39 Å². The fourth-order valence-electron chi connectivity index (χ4n) is 1.27. The zero-order chi connectivity index (χ0) is 12.3. The third kappa shape index (κ3) is 3.17. The quantitative estimate of drug-likeness (QED) is 0.791. The third-order valence-electron chi connectivity index (χ3n) is 2.10. The molecule has 2 nitrogen and oxygen atoms in total. The van der Waals surface area contributed by atoms with Crippen molar-refractivity contribution in [2.24, 2.45) is 0 Å². The molecule has 0 unspecified atom stereocenters. The van der Waals surface area contributed by atoms with Gasteiger partial charge in [-0.05, 0) is 45.8 Å². The molecule has 0 fully saturated rings. The highest BCUT2D eigenvalue weighted by Crippen LogP contribution is 2.23. The lowest BCUT2D eigenvalue weighted by Gasteiger charge is -2.07. The van der Waals surface area contributed by atoms with Crippen LogP contribution in [0.5, 0.6) is 5.75 Å². The second-order valence-corrected chi connectivity index (χ2v) is 4.49. The summed E-state index contributed by atoms with van der Waals surface area (Å²) in [6, 6.07) is 8.06. The Kier molecular flexibility index (Phi) is 3.97. The first-order valence-electron chi connectivity index (χ1n) is 4.84. The van der Waals surface area contributed by atoms with Crippen molar-refractivity contribution in [1.29, 1.82) is 0 Å². The summed E-state index contributed by atoms with van der Waals surface area (Å²) in [6.07, 6.45) is 1.66. The minimum absolute atomic E-state index is 0.0938. The molecule has 0 aliphatic heterocycles. The van der Waals surface area contributed by atoms with E-state index in [-0.39, 0.29) is 5.02 Å². The number of hydrogen-bond donors (Lipinski definition) is 0. The van der Waals surface area contributed by atoms with Crippen molar-refractivity contribution in [2.75, 3.05) is 0 Å². The van der Waals surface area contributed by atoms with Gasteiger partial charge in [0.15, 0.2) is 5.75 Å². The molecule has 0 saturated heterocycles. The maximum absolute atomic E-state index is 12.9. The largest absolute Gasteiger partial charge is 0.486 e. The van der Waals surface area contributed by atoms with Gasteiger partial charge in [-0.25, -0.2) is 9.37 Å². The number of rotatable bonds is 3. The molecule has 0 bridgehead atoms. The van der Waals surface area contributed by atoms with Gasteiger partial charge in [0, 0.05) is 6.20 Å². The number of pyridine rings is 1. The second-order valence-electron chi connectivity index (χ2n) is 3.33. The number of hydrogen-bond acceptors (Lipinski definition) is 2. The summed E-state index contributed by atoms with van der Waals surface area (Å²) in [4.78, 5) is 4.03. The Hall–Kier alpha value is -1.13. The smallest absolute Gasteiger partial charge is 0.152 e. The Morgan fingerprint density at radius 1 is 1.35 bits per heavy atom. The summed E-state index contributed by atoms with van der Waals surface area (Å²) in [5, 5.41) is 0.0938. The fraction of sp³-hybridized carbons (Fsp3) is 0.0833. The van der Waals surface area contributed by atoms with E-state index in [0.717, 1.165) is 5.56 Å². The molecule has 88 valence electrons. The van der Waals surface area contributed by atoms with Gasteiger partial charge in [0.2, 0.25) is 0 Å². The van der Waals surface area contributed by atoms with E-state index in [1.165, 1.54) is 6.07 Å². The van der Waals surface area contributed by atoms with Gasteiger partial charge >= 0.3 is 0 Å². The van der Waals surface area contributed by atoms with Crippen LogP contribution in [0.1, 0.15) is 5.56 Å². The highest BCUT2D eigenvalue weighted by Gasteiger charge is 2.04. The number of nitrogens with zero attached hydrogens (tertiary/aromatic N) is 1. The molecule has 0 aliphatic carbocycles. The van der Waals surface area contributed by atoms with Crippen molar-refractivity contribution in [3.05, 3.63) is 57.5 Å². The van der Waals surface area contributed by atoms with Gasteiger partial charge in [-0.15, -0.1) is 0 Å². The number of benzene rings is 1. The lowest BCUT2D eigenvalue weighted by atomic mass is 10.2. The minimum Gasteiger partial charge on any atom is -0.486 e. The van der Waals surface area contributed by atoms with Crippen LogP contribution in [0.25, 0.3) is 0 Å². The van der Waals surface area contributed by atoms with Crippen LogP contribution in [0.15, 0.2) is 41.1 Å². The van der Waals surface area contributed by atoms with Crippen molar-refractivity contribution in [3.8, 4) is 5.75 Å². The molecule has 0 N–H and O–H groups in total. The highest BCUT2D eigenvalue weighted by molar-refractivity contribution is 9.10. The molecule has 0 spiro atoms. The Morgan fingerprint density at radius 3 is 2.88 bits per heavy atom. The van der Waals surface area contributed by atoms with Gasteiger partial charge in [-0.3, -0.25) is 0 Å². The monoisotopic (exact) mass is 315 g/mol. The number of halogens is 3. The van der Waals surface area contributed by atoms with Gasteiger partial charge in [0.05, 0.1) is 5.02 Å². The first-order valence-corrected chi connectivity index (χ1v) is 6.01. The molecule has 0 amide bonds. The van der Waals surface area contributed by atoms with E-state index >= 15 is 0 Å². The van der Waals surface area contributed by atoms with Crippen LogP contribution < -0.4 is 4.74 Å². The molecule has 2 rings (SSSR count). The normalized spacial score (nSPS) is 10.3. The molecular weight excluding hydrogens is 308 g/mol. The van der Waals surface area contributed by atoms with Crippen LogP contribution in [0.2, 0.25) is 5.02 Å². The SMILES string of the molecule is Fc1ccc(COc2cccnc2Br)cc1Cl. The summed E-state index contributed by atoms with van der Waals surface area (Å²) < 4.78 is 19.1. The van der Waals surface area contributed by atoms with Crippen molar-refractivity contribution in [1.82, 2.24) is 4.98 Å². The Labute approximate surface area is 112 Å². The second kappa shape index (κ2) is 5.47. The summed E-state index contributed by atoms with van der Waals surface area (Å²) in [5.41, 5.74) is 0.798. The van der Waals surface area contributed by atoms with Gasteiger partial charge in [-0.2, -0.15) is 0 Å². The number of ether oxygens (including phenoxy) is 1. The first-order chi connectivity index (χ1) is 8.16. The molecule has 5 heteroatoms. The standard InChI is InChI=1S/C12H8BrClFNO/c13-12-11(2-1-5-16-12)17-7-8-3-4-10(15)9(14)6-8/h1-6H,7H2. The molecule has 0 radical (unpaired) electrons. The van der Waals surface area contributed by atoms with E-state index in [1.807, 2.05) is 0 Å². The molecule has 17 heavy (non-hydrogen) atoms. The lowest BCUT2D eigenvalue weighted by Crippen LogP contribution is -1.97. The average molecular weight is 317 g/mol. The molecule has 1 aromatic heterocycles. The minimum atomic E-state index is -0.432. The predicted octanol–water partition coefficient (Wildman–Crippen LogP) is 4.22. The summed E-state index contributed by atoms with van der Waals surface area (Å²) in [5.74, 6) is 0.200. The predicted molar refractivity (Wildman–Crippen MR) is 67.7 cm³/mol. The maximum atomic E-state index is 12.9. The highest BCUT2D eigenvalue weighted by atomic mass is 79.9. The fourth-order valence-corrected chi connectivity index (χ4v) is 1.84. The lowest BCUT2D eigenvalue weighted by molar-refractivity contribution is 0.302. The van der Waals surface area contributed by atoms with Gasteiger partial charge in [0.1, 0.15) is 17.0 Å². The molecule has 1 heterocycles. The van der Waals surface area contributed by atoms with Gasteiger partial charge < -0.3 is 4.74 Å². The summed E-state index contributed by atoms with van der Waals surface area (Å²) in [6.45, 7) is 0.310. The van der Waals surface area contributed by atoms with E-state index in [4.69, 9.17) is 16.3 Å². The first kappa shape index (κ1) is 12.3. The van der Waals surface area contributed by atoms with Crippen molar-refractivity contribution < 1.29 is 9.13 Å². The molecular formula is C12H8BrClFNO. The van der Waals surface area contributed by atoms with Crippen LogP contribution in [0, 0.1) is 5.82 Å². The Bertz CT molecular complexity index is 536.